The number of halogens is 2. The number of aryl methyl sites for hydroxylation is 1. The highest BCUT2D eigenvalue weighted by Crippen LogP contribution is 2.42. The quantitative estimate of drug-likeness (QED) is 0.339. The summed E-state index contributed by atoms with van der Waals surface area (Å²) in [6.45, 7) is 9.92. The van der Waals surface area contributed by atoms with Gasteiger partial charge in [0.1, 0.15) is 22.9 Å². The van der Waals surface area contributed by atoms with E-state index in [-0.39, 0.29) is 60.5 Å². The zero-order valence-electron chi connectivity index (χ0n) is 25.3. The van der Waals surface area contributed by atoms with Crippen molar-refractivity contribution in [2.75, 3.05) is 36.5 Å². The zero-order valence-corrected chi connectivity index (χ0v) is 25.3. The van der Waals surface area contributed by atoms with E-state index in [0.717, 1.165) is 6.07 Å². The van der Waals surface area contributed by atoms with E-state index < -0.39 is 40.2 Å². The van der Waals surface area contributed by atoms with Crippen molar-refractivity contribution in [2.45, 2.75) is 39.2 Å². The molecule has 6 rings (SSSR count). The first-order chi connectivity index (χ1) is 21.4. The third-order valence-corrected chi connectivity index (χ3v) is 8.58. The molecule has 2 amide bonds. The van der Waals surface area contributed by atoms with Crippen LogP contribution >= 0.6 is 0 Å². The number of phenols is 1. The molecule has 232 valence electrons. The Morgan fingerprint density at radius 1 is 1.11 bits per heavy atom. The lowest BCUT2D eigenvalue weighted by molar-refractivity contribution is -0.127. The summed E-state index contributed by atoms with van der Waals surface area (Å²) in [6.07, 6.45) is 2.84. The van der Waals surface area contributed by atoms with Crippen molar-refractivity contribution in [3.63, 3.8) is 0 Å². The second kappa shape index (κ2) is 11.1. The number of pyridine rings is 3. The van der Waals surface area contributed by atoms with E-state index in [9.17, 15) is 19.5 Å². The van der Waals surface area contributed by atoms with Crippen LogP contribution in [-0.2, 0) is 9.59 Å². The minimum atomic E-state index is -0.933. The Hall–Kier alpha value is -5.13. The molecule has 10 nitrogen and oxygen atoms in total. The Morgan fingerprint density at radius 3 is 2.56 bits per heavy atom. The van der Waals surface area contributed by atoms with Crippen LogP contribution in [0.2, 0.25) is 0 Å². The van der Waals surface area contributed by atoms with Crippen LogP contribution in [0.5, 0.6) is 5.75 Å². The number of carbonyl (C=O) groups excluding carboxylic acids is 2. The molecular weight excluding hydrogens is 582 g/mol. The Balaban J connectivity index is 1.76. The number of phenolic OH excluding ortho intramolecular Hbond substituents is 1. The molecule has 1 N–H and O–H groups in total. The van der Waals surface area contributed by atoms with Crippen molar-refractivity contribution in [3.05, 3.63) is 82.4 Å². The SMILES string of the molecule is C=CC(=O)N1CCN2c3c(c(=O)n(-c4c(C)ccnc4C(C)C)c4nc(-c5c(O)cccc5F)c(F)cc34)N(C)C(=O)CC2C1. The van der Waals surface area contributed by atoms with Gasteiger partial charge in [-0.05, 0) is 48.7 Å². The molecule has 2 aliphatic rings. The van der Waals surface area contributed by atoms with Gasteiger partial charge in [-0.3, -0.25) is 23.9 Å². The predicted octanol–water partition coefficient (Wildman–Crippen LogP) is 4.43. The van der Waals surface area contributed by atoms with E-state index in [1.165, 1.54) is 40.8 Å². The van der Waals surface area contributed by atoms with E-state index in [2.05, 4.69) is 16.5 Å². The van der Waals surface area contributed by atoms with Gasteiger partial charge in [0.25, 0.3) is 5.56 Å². The Bertz CT molecular complexity index is 1950. The summed E-state index contributed by atoms with van der Waals surface area (Å²) in [7, 11) is 1.50. The Kier molecular flexibility index (Phi) is 7.38. The lowest BCUT2D eigenvalue weighted by Gasteiger charge is -2.42. The normalized spacial score (nSPS) is 16.6. The predicted molar refractivity (Wildman–Crippen MR) is 167 cm³/mol. The molecule has 1 atom stereocenters. The number of nitrogens with zero attached hydrogens (tertiary/aromatic N) is 6. The van der Waals surface area contributed by atoms with Gasteiger partial charge in [-0.1, -0.05) is 26.5 Å². The Labute approximate surface area is 257 Å². The summed E-state index contributed by atoms with van der Waals surface area (Å²) in [5.41, 5.74) is 0.456. The van der Waals surface area contributed by atoms with Crippen molar-refractivity contribution in [3.8, 4) is 22.7 Å². The van der Waals surface area contributed by atoms with Crippen molar-refractivity contribution >= 4 is 34.2 Å². The van der Waals surface area contributed by atoms with Gasteiger partial charge in [0.05, 0.1) is 28.7 Å². The van der Waals surface area contributed by atoms with Gasteiger partial charge in [0.2, 0.25) is 11.8 Å². The fraction of sp³-hybridized carbons (Fsp3) is 0.303. The highest BCUT2D eigenvalue weighted by molar-refractivity contribution is 6.07. The second-order valence-electron chi connectivity index (χ2n) is 11.7. The first-order valence-corrected chi connectivity index (χ1v) is 14.6. The number of rotatable bonds is 4. The number of hydrogen-bond acceptors (Lipinski definition) is 7. The van der Waals surface area contributed by atoms with Gasteiger partial charge < -0.3 is 19.8 Å². The van der Waals surface area contributed by atoms with Crippen LogP contribution < -0.4 is 15.4 Å². The largest absolute Gasteiger partial charge is 0.507 e. The molecule has 3 aromatic heterocycles. The zero-order chi connectivity index (χ0) is 32.3. The van der Waals surface area contributed by atoms with Gasteiger partial charge in [-0.15, -0.1) is 0 Å². The third-order valence-electron chi connectivity index (χ3n) is 8.58. The molecule has 12 heteroatoms. The molecule has 0 bridgehead atoms. The molecular formula is C33H32F2N6O4. The monoisotopic (exact) mass is 614 g/mol. The van der Waals surface area contributed by atoms with E-state index in [4.69, 9.17) is 0 Å². The minimum absolute atomic E-state index is 0.00176. The van der Waals surface area contributed by atoms with Crippen LogP contribution in [0.3, 0.4) is 0 Å². The van der Waals surface area contributed by atoms with E-state index in [0.29, 0.717) is 22.6 Å². The van der Waals surface area contributed by atoms with Crippen LogP contribution in [0.1, 0.15) is 37.4 Å². The van der Waals surface area contributed by atoms with E-state index >= 15 is 8.78 Å². The van der Waals surface area contributed by atoms with Gasteiger partial charge in [-0.25, -0.2) is 13.8 Å². The number of carbonyl (C=O) groups is 2. The molecule has 1 saturated heterocycles. The van der Waals surface area contributed by atoms with Crippen LogP contribution in [0, 0.1) is 18.6 Å². The lowest BCUT2D eigenvalue weighted by Crippen LogP contribution is -2.55. The van der Waals surface area contributed by atoms with Gasteiger partial charge in [0, 0.05) is 44.7 Å². The number of anilines is 2. The molecule has 0 spiro atoms. The first kappa shape index (κ1) is 29.9. The van der Waals surface area contributed by atoms with Crippen molar-refractivity contribution in [1.82, 2.24) is 19.4 Å². The fourth-order valence-corrected chi connectivity index (χ4v) is 6.38. The van der Waals surface area contributed by atoms with E-state index in [1.807, 2.05) is 18.7 Å². The average Bonchev–Trinajstić information content (AvgIpc) is 3.11. The molecule has 1 fully saturated rings. The molecule has 5 heterocycles. The molecule has 0 saturated carbocycles. The van der Waals surface area contributed by atoms with Crippen molar-refractivity contribution in [1.29, 1.82) is 0 Å². The summed E-state index contributed by atoms with van der Waals surface area (Å²) in [6, 6.07) is 5.98. The smallest absolute Gasteiger partial charge is 0.283 e. The number of hydrogen-bond donors (Lipinski definition) is 1. The fourth-order valence-electron chi connectivity index (χ4n) is 6.38. The van der Waals surface area contributed by atoms with Crippen molar-refractivity contribution in [2.24, 2.45) is 0 Å². The molecule has 4 aromatic rings. The molecule has 0 radical (unpaired) electrons. The summed E-state index contributed by atoms with van der Waals surface area (Å²) in [4.78, 5) is 54.8. The van der Waals surface area contributed by atoms with Crippen LogP contribution in [0.4, 0.5) is 20.2 Å². The molecule has 1 aromatic carbocycles. The second-order valence-corrected chi connectivity index (χ2v) is 11.7. The number of benzene rings is 1. The number of aromatic nitrogens is 3. The third kappa shape index (κ3) is 4.71. The summed E-state index contributed by atoms with van der Waals surface area (Å²) < 4.78 is 32.6. The maximum Gasteiger partial charge on any atom is 0.283 e. The minimum Gasteiger partial charge on any atom is -0.507 e. The summed E-state index contributed by atoms with van der Waals surface area (Å²) in [5, 5.41) is 10.8. The number of piperazine rings is 1. The maximum atomic E-state index is 16.2. The van der Waals surface area contributed by atoms with Gasteiger partial charge >= 0.3 is 0 Å². The molecule has 45 heavy (non-hydrogen) atoms. The molecule has 2 aliphatic heterocycles. The number of fused-ring (bicyclic) bond motifs is 5. The van der Waals surface area contributed by atoms with Gasteiger partial charge in [-0.2, -0.15) is 0 Å². The van der Waals surface area contributed by atoms with Crippen LogP contribution in [0.25, 0.3) is 28.0 Å². The standard InChI is InChI=1S/C33H32F2N6O4/c1-6-24(43)39-12-13-40-19(16-39)14-25(44)38(5)31-30(40)20-15-22(35)28(26-21(34)8-7-9-23(26)42)37-32(20)41(33(31)45)29-18(4)10-11-36-27(29)17(2)3/h6-11,15,17,19,42H,1,12-14,16H2,2-5H3. The van der Waals surface area contributed by atoms with Crippen LogP contribution in [0.15, 0.2) is 54.0 Å². The van der Waals surface area contributed by atoms with Gasteiger partial charge in [0.15, 0.2) is 11.5 Å². The molecule has 0 aliphatic carbocycles. The number of aromatic hydroxyl groups is 1. The highest BCUT2D eigenvalue weighted by atomic mass is 19.1. The lowest BCUT2D eigenvalue weighted by atomic mass is 10.0. The highest BCUT2D eigenvalue weighted by Gasteiger charge is 2.40. The van der Waals surface area contributed by atoms with Crippen LogP contribution in [-0.4, -0.2) is 69.1 Å². The van der Waals surface area contributed by atoms with Crippen molar-refractivity contribution < 1.29 is 23.5 Å². The summed E-state index contributed by atoms with van der Waals surface area (Å²) in [5.74, 6) is -3.12. The first-order valence-electron chi connectivity index (χ1n) is 14.6. The summed E-state index contributed by atoms with van der Waals surface area (Å²) >= 11 is 0. The maximum absolute atomic E-state index is 16.2. The average molecular weight is 615 g/mol. The molecule has 1 unspecified atom stereocenters. The van der Waals surface area contributed by atoms with E-state index in [1.54, 1.807) is 24.1 Å². The number of amides is 2. The Morgan fingerprint density at radius 2 is 1.87 bits per heavy atom. The topological polar surface area (TPSA) is 112 Å².